The largest absolute Gasteiger partial charge is 2.00 e. The van der Waals surface area contributed by atoms with E-state index in [4.69, 9.17) is 0 Å². The van der Waals surface area contributed by atoms with Crippen LogP contribution < -0.4 is 10.2 Å². The summed E-state index contributed by atoms with van der Waals surface area (Å²) in [6.45, 7) is 3.71. The maximum atomic E-state index is 11.5. The smallest absolute Gasteiger partial charge is 0.872 e. The average Bonchev–Trinajstić information content (AvgIpc) is 1.99. The van der Waals surface area contributed by atoms with E-state index in [1.165, 1.54) is 12.1 Å². The van der Waals surface area contributed by atoms with Crippen molar-refractivity contribution < 1.29 is 26.7 Å². The van der Waals surface area contributed by atoms with Crippen LogP contribution in [0.5, 0.6) is 11.5 Å². The summed E-state index contributed by atoms with van der Waals surface area (Å²) < 4.78 is 0. The molecule has 2 aromatic rings. The standard InChI is InChI=1S/C12H12O2.Ni/c1-7-3-9-4-8(2)6-11(14)12(9)10(13)5-7;/h3-6,13-14H,1-2H3;/q;+2/p-2. The molecule has 0 saturated heterocycles. The minimum Gasteiger partial charge on any atom is -0.872 e. The minimum atomic E-state index is -0.176. The van der Waals surface area contributed by atoms with Crippen LogP contribution >= 0.6 is 0 Å². The zero-order valence-corrected chi connectivity index (χ0v) is 9.43. The predicted octanol–water partition coefficient (Wildman–Crippen LogP) is 1.60. The quantitative estimate of drug-likeness (QED) is 0.661. The molecule has 0 fully saturated rings. The average molecular weight is 245 g/mol. The number of hydrogen-bond acceptors (Lipinski definition) is 2. The molecule has 0 radical (unpaired) electrons. The summed E-state index contributed by atoms with van der Waals surface area (Å²) in [5.74, 6) is -0.352. The Bertz CT molecular complexity index is 464. The fourth-order valence-corrected chi connectivity index (χ4v) is 1.72. The Balaban J connectivity index is 0.00000112. The van der Waals surface area contributed by atoms with E-state index in [0.29, 0.717) is 5.39 Å². The summed E-state index contributed by atoms with van der Waals surface area (Å²) in [5.41, 5.74) is 1.79. The molecule has 0 bridgehead atoms. The minimum absolute atomic E-state index is 0. The molecule has 0 aromatic heterocycles. The second kappa shape index (κ2) is 4.12. The van der Waals surface area contributed by atoms with Crippen LogP contribution in [0.2, 0.25) is 0 Å². The molecule has 80 valence electrons. The molecule has 0 N–H and O–H groups in total. The van der Waals surface area contributed by atoms with Gasteiger partial charge in [0.25, 0.3) is 0 Å². The van der Waals surface area contributed by atoms with Crippen LogP contribution in [0.15, 0.2) is 24.3 Å². The van der Waals surface area contributed by atoms with E-state index in [0.717, 1.165) is 16.5 Å². The third-order valence-corrected chi connectivity index (χ3v) is 2.27. The van der Waals surface area contributed by atoms with Gasteiger partial charge >= 0.3 is 16.5 Å². The Hall–Kier alpha value is -1.21. The SMILES string of the molecule is Cc1cc([O-])c2c([O-])cc(C)cc2c1.[Ni+2]. The predicted molar refractivity (Wildman–Crippen MR) is 52.3 cm³/mol. The van der Waals surface area contributed by atoms with Gasteiger partial charge < -0.3 is 10.2 Å². The fraction of sp³-hybridized carbons (Fsp3) is 0.167. The van der Waals surface area contributed by atoms with Crippen molar-refractivity contribution in [2.24, 2.45) is 0 Å². The van der Waals surface area contributed by atoms with Crippen molar-refractivity contribution in [2.45, 2.75) is 13.8 Å². The first-order chi connectivity index (χ1) is 6.58. The third-order valence-electron chi connectivity index (χ3n) is 2.27. The summed E-state index contributed by atoms with van der Waals surface area (Å²) in [6, 6.07) is 6.73. The zero-order chi connectivity index (χ0) is 10.3. The maximum absolute atomic E-state index is 11.5. The number of aryl methyl sites for hydroxylation is 2. The monoisotopic (exact) mass is 244 g/mol. The first kappa shape index (κ1) is 11.9. The number of hydrogen-bond donors (Lipinski definition) is 0. The summed E-state index contributed by atoms with van der Waals surface area (Å²) in [6.07, 6.45) is 0. The van der Waals surface area contributed by atoms with Gasteiger partial charge in [0, 0.05) is 0 Å². The van der Waals surface area contributed by atoms with Crippen molar-refractivity contribution in [3.8, 4) is 11.5 Å². The molecule has 15 heavy (non-hydrogen) atoms. The summed E-state index contributed by atoms with van der Waals surface area (Å²) in [4.78, 5) is 0. The molecule has 0 saturated carbocycles. The molecule has 0 spiro atoms. The Labute approximate surface area is 98.5 Å². The van der Waals surface area contributed by atoms with Crippen LogP contribution in [0, 0.1) is 13.8 Å². The van der Waals surface area contributed by atoms with E-state index in [2.05, 4.69) is 0 Å². The van der Waals surface area contributed by atoms with Crippen LogP contribution in [0.1, 0.15) is 11.1 Å². The molecule has 0 amide bonds. The second-order valence-corrected chi connectivity index (χ2v) is 3.62. The van der Waals surface area contributed by atoms with Crippen molar-refractivity contribution in [3.05, 3.63) is 35.4 Å². The summed E-state index contributed by atoms with van der Waals surface area (Å²) in [7, 11) is 0. The van der Waals surface area contributed by atoms with Crippen molar-refractivity contribution in [3.63, 3.8) is 0 Å². The molecular weight excluding hydrogens is 235 g/mol. The topological polar surface area (TPSA) is 46.1 Å². The van der Waals surface area contributed by atoms with E-state index in [1.807, 2.05) is 26.0 Å². The van der Waals surface area contributed by atoms with Crippen molar-refractivity contribution >= 4 is 10.8 Å². The molecule has 0 aliphatic rings. The van der Waals surface area contributed by atoms with Crippen LogP contribution in [0.4, 0.5) is 0 Å². The van der Waals surface area contributed by atoms with Gasteiger partial charge in [-0.1, -0.05) is 35.4 Å². The van der Waals surface area contributed by atoms with E-state index >= 15 is 0 Å². The van der Waals surface area contributed by atoms with Gasteiger partial charge in [-0.2, -0.15) is 0 Å². The molecule has 0 aliphatic carbocycles. The van der Waals surface area contributed by atoms with Crippen LogP contribution in [0.3, 0.4) is 0 Å². The molecule has 2 aromatic carbocycles. The van der Waals surface area contributed by atoms with Crippen molar-refractivity contribution in [1.29, 1.82) is 0 Å². The van der Waals surface area contributed by atoms with Gasteiger partial charge in [0.1, 0.15) is 0 Å². The molecule has 2 rings (SSSR count). The number of rotatable bonds is 0. The summed E-state index contributed by atoms with van der Waals surface area (Å²) >= 11 is 0. The molecule has 0 aliphatic heterocycles. The van der Waals surface area contributed by atoms with E-state index in [9.17, 15) is 10.2 Å². The van der Waals surface area contributed by atoms with E-state index in [1.54, 1.807) is 0 Å². The molecule has 3 heteroatoms. The van der Waals surface area contributed by atoms with E-state index < -0.39 is 0 Å². The Kier molecular flexibility index (Phi) is 3.26. The Morgan fingerprint density at radius 2 is 1.20 bits per heavy atom. The van der Waals surface area contributed by atoms with Crippen molar-refractivity contribution in [1.82, 2.24) is 0 Å². The second-order valence-electron chi connectivity index (χ2n) is 3.62. The van der Waals surface area contributed by atoms with Gasteiger partial charge in [0.15, 0.2) is 0 Å². The van der Waals surface area contributed by atoms with Crippen molar-refractivity contribution in [2.75, 3.05) is 0 Å². The molecular formula is C12H10NiO2. The molecule has 2 nitrogen and oxygen atoms in total. The van der Waals surface area contributed by atoms with Gasteiger partial charge in [-0.3, -0.25) is 0 Å². The van der Waals surface area contributed by atoms with Crippen LogP contribution in [-0.2, 0) is 16.5 Å². The van der Waals surface area contributed by atoms with Gasteiger partial charge in [-0.15, -0.1) is 11.5 Å². The number of fused-ring (bicyclic) bond motifs is 1. The Morgan fingerprint density at radius 3 is 1.60 bits per heavy atom. The Morgan fingerprint density at radius 1 is 0.800 bits per heavy atom. The first-order valence-corrected chi connectivity index (χ1v) is 4.47. The maximum Gasteiger partial charge on any atom is 2.00 e. The van der Waals surface area contributed by atoms with E-state index in [-0.39, 0.29) is 28.0 Å². The normalized spacial score (nSPS) is 10.0. The summed E-state index contributed by atoms with van der Waals surface area (Å²) in [5, 5.41) is 24.1. The van der Waals surface area contributed by atoms with Crippen LogP contribution in [0.25, 0.3) is 10.8 Å². The third kappa shape index (κ3) is 2.08. The molecule has 0 heterocycles. The number of benzene rings is 2. The van der Waals surface area contributed by atoms with Gasteiger partial charge in [-0.05, 0) is 24.6 Å². The molecule has 0 unspecified atom stereocenters. The first-order valence-electron chi connectivity index (χ1n) is 4.47. The fourth-order valence-electron chi connectivity index (χ4n) is 1.72. The van der Waals surface area contributed by atoms with Gasteiger partial charge in [0.05, 0.1) is 0 Å². The van der Waals surface area contributed by atoms with Gasteiger partial charge in [-0.25, -0.2) is 0 Å². The zero-order valence-electron chi connectivity index (χ0n) is 8.44. The molecule has 0 atom stereocenters. The van der Waals surface area contributed by atoms with Gasteiger partial charge in [0.2, 0.25) is 0 Å². The van der Waals surface area contributed by atoms with Crippen LogP contribution in [-0.4, -0.2) is 0 Å².